The second-order valence-corrected chi connectivity index (χ2v) is 12.3. The quantitative estimate of drug-likeness (QED) is 0.623. The minimum atomic E-state index is -0.0669. The van der Waals surface area contributed by atoms with Crippen molar-refractivity contribution in [3.8, 4) is 0 Å². The standard InChI is InChI=1S/C27H40N4O2S/c1-5-22-14-23-25(34-22)7-11-33-27(23)8-10-30(19(4)15-27)17-20-12-21(13-20)28-26(32)24-6-9-31(29-24)16-18(2)3/h6,9,14,18-21H,5,7-8,10-13,15-17H2,1-4H3,(H,28,32)/t19-,20-,21+,27+/m0/s1. The van der Waals surface area contributed by atoms with Crippen LogP contribution in [-0.4, -0.2) is 52.4 Å². The monoisotopic (exact) mass is 484 g/mol. The van der Waals surface area contributed by atoms with Gasteiger partial charge in [0.25, 0.3) is 5.91 Å². The fourth-order valence-corrected chi connectivity index (χ4v) is 7.28. The Balaban J connectivity index is 1.10. The van der Waals surface area contributed by atoms with Crippen LogP contribution in [0.25, 0.3) is 0 Å². The molecule has 1 N–H and O–H groups in total. The molecule has 7 heteroatoms. The van der Waals surface area contributed by atoms with Crippen LogP contribution >= 0.6 is 11.3 Å². The van der Waals surface area contributed by atoms with Gasteiger partial charge < -0.3 is 15.0 Å². The van der Waals surface area contributed by atoms with E-state index < -0.39 is 0 Å². The number of amides is 1. The second-order valence-electron chi connectivity index (χ2n) is 11.1. The first-order valence-corrected chi connectivity index (χ1v) is 14.0. The zero-order chi connectivity index (χ0) is 23.9. The zero-order valence-corrected chi connectivity index (χ0v) is 22.0. The highest BCUT2D eigenvalue weighted by Gasteiger charge is 2.45. The fourth-order valence-electron chi connectivity index (χ4n) is 6.10. The molecule has 1 amide bonds. The summed E-state index contributed by atoms with van der Waals surface area (Å²) in [7, 11) is 0. The van der Waals surface area contributed by atoms with Gasteiger partial charge in [-0.25, -0.2) is 0 Å². The third kappa shape index (κ3) is 4.84. The number of thiophene rings is 1. The Morgan fingerprint density at radius 3 is 2.94 bits per heavy atom. The van der Waals surface area contributed by atoms with Crippen LogP contribution in [0.1, 0.15) is 79.2 Å². The topological polar surface area (TPSA) is 59.4 Å². The van der Waals surface area contributed by atoms with Gasteiger partial charge >= 0.3 is 0 Å². The number of nitrogens with zero attached hydrogens (tertiary/aromatic N) is 3. The van der Waals surface area contributed by atoms with E-state index in [0.717, 1.165) is 64.8 Å². The lowest BCUT2D eigenvalue weighted by Gasteiger charge is -2.49. The van der Waals surface area contributed by atoms with E-state index in [4.69, 9.17) is 4.74 Å². The average molecular weight is 485 g/mol. The van der Waals surface area contributed by atoms with Gasteiger partial charge in [-0.2, -0.15) is 5.10 Å². The normalized spacial score (nSPS) is 29.3. The fraction of sp³-hybridized carbons (Fsp3) is 0.704. The molecule has 1 spiro atoms. The molecule has 0 aromatic carbocycles. The summed E-state index contributed by atoms with van der Waals surface area (Å²) in [5.74, 6) is 1.14. The van der Waals surface area contributed by atoms with E-state index in [9.17, 15) is 4.79 Å². The Kier molecular flexibility index (Phi) is 6.88. The lowest BCUT2D eigenvalue weighted by Crippen LogP contribution is -2.54. The van der Waals surface area contributed by atoms with E-state index in [0.29, 0.717) is 23.6 Å². The summed E-state index contributed by atoms with van der Waals surface area (Å²) in [6.45, 7) is 12.9. The third-order valence-electron chi connectivity index (χ3n) is 7.95. The summed E-state index contributed by atoms with van der Waals surface area (Å²) in [6.07, 6.45) is 8.42. The van der Waals surface area contributed by atoms with Crippen molar-refractivity contribution in [3.63, 3.8) is 0 Å². The molecule has 186 valence electrons. The first-order chi connectivity index (χ1) is 16.3. The Hall–Kier alpha value is -1.70. The van der Waals surface area contributed by atoms with Crippen LogP contribution < -0.4 is 5.32 Å². The maximum absolute atomic E-state index is 12.6. The van der Waals surface area contributed by atoms with Crippen LogP contribution in [0.5, 0.6) is 0 Å². The molecule has 0 radical (unpaired) electrons. The van der Waals surface area contributed by atoms with Crippen molar-refractivity contribution in [2.45, 2.75) is 90.4 Å². The van der Waals surface area contributed by atoms with E-state index in [-0.39, 0.29) is 17.6 Å². The number of aromatic nitrogens is 2. The predicted octanol–water partition coefficient (Wildman–Crippen LogP) is 4.62. The molecule has 3 aliphatic rings. The summed E-state index contributed by atoms with van der Waals surface area (Å²) in [5.41, 5.74) is 1.96. The van der Waals surface area contributed by atoms with Gasteiger partial charge in [0, 0.05) is 54.1 Å². The highest BCUT2D eigenvalue weighted by molar-refractivity contribution is 7.12. The molecule has 1 saturated heterocycles. The number of likely N-dealkylation sites (tertiary alicyclic amines) is 1. The number of hydrogen-bond donors (Lipinski definition) is 1. The maximum atomic E-state index is 12.6. The maximum Gasteiger partial charge on any atom is 0.271 e. The van der Waals surface area contributed by atoms with E-state index in [1.807, 2.05) is 28.3 Å². The molecule has 0 unspecified atom stereocenters. The first kappa shape index (κ1) is 24.0. The number of piperidine rings is 1. The first-order valence-electron chi connectivity index (χ1n) is 13.2. The van der Waals surface area contributed by atoms with Crippen molar-refractivity contribution in [1.29, 1.82) is 0 Å². The molecule has 1 aliphatic carbocycles. The van der Waals surface area contributed by atoms with Crippen LogP contribution in [0, 0.1) is 11.8 Å². The van der Waals surface area contributed by atoms with Gasteiger partial charge in [-0.05, 0) is 68.6 Å². The Morgan fingerprint density at radius 2 is 2.21 bits per heavy atom. The minimum Gasteiger partial charge on any atom is -0.370 e. The van der Waals surface area contributed by atoms with E-state index in [1.165, 1.54) is 10.4 Å². The number of aryl methyl sites for hydroxylation is 1. The second kappa shape index (κ2) is 9.75. The molecule has 2 aliphatic heterocycles. The summed E-state index contributed by atoms with van der Waals surface area (Å²) in [4.78, 5) is 18.3. The molecular weight excluding hydrogens is 444 g/mol. The number of carbonyl (C=O) groups is 1. The smallest absolute Gasteiger partial charge is 0.271 e. The van der Waals surface area contributed by atoms with Gasteiger partial charge in [-0.15, -0.1) is 11.3 Å². The van der Waals surface area contributed by atoms with Crippen LogP contribution in [0.3, 0.4) is 0 Å². The number of ether oxygens (including phenoxy) is 1. The van der Waals surface area contributed by atoms with Crippen LogP contribution in [0.15, 0.2) is 18.3 Å². The van der Waals surface area contributed by atoms with Crippen molar-refractivity contribution in [2.24, 2.45) is 11.8 Å². The van der Waals surface area contributed by atoms with Crippen LogP contribution in [-0.2, 0) is 29.7 Å². The Labute approximate surface area is 208 Å². The van der Waals surface area contributed by atoms with Gasteiger partial charge in [0.15, 0.2) is 0 Å². The van der Waals surface area contributed by atoms with Crippen molar-refractivity contribution >= 4 is 17.2 Å². The number of fused-ring (bicyclic) bond motifs is 2. The minimum absolute atomic E-state index is 0.0355. The molecule has 0 bridgehead atoms. The lowest BCUT2D eigenvalue weighted by molar-refractivity contribution is -0.114. The van der Waals surface area contributed by atoms with Crippen LogP contribution in [0.2, 0.25) is 0 Å². The summed E-state index contributed by atoms with van der Waals surface area (Å²) >= 11 is 2.00. The van der Waals surface area contributed by atoms with Crippen molar-refractivity contribution < 1.29 is 9.53 Å². The molecule has 5 rings (SSSR count). The molecule has 4 heterocycles. The Bertz CT molecular complexity index is 1010. The average Bonchev–Trinajstić information content (AvgIpc) is 3.41. The molecule has 1 saturated carbocycles. The third-order valence-corrected chi connectivity index (χ3v) is 9.29. The lowest BCUT2D eigenvalue weighted by atomic mass is 9.76. The van der Waals surface area contributed by atoms with Crippen molar-refractivity contribution in [3.05, 3.63) is 39.3 Å². The molecule has 6 nitrogen and oxygen atoms in total. The van der Waals surface area contributed by atoms with E-state index in [2.05, 4.69) is 49.1 Å². The van der Waals surface area contributed by atoms with Gasteiger partial charge in [0.2, 0.25) is 0 Å². The molecule has 2 aromatic heterocycles. The molecular formula is C27H40N4O2S. The van der Waals surface area contributed by atoms with Gasteiger partial charge in [-0.1, -0.05) is 20.8 Å². The summed E-state index contributed by atoms with van der Waals surface area (Å²) < 4.78 is 8.37. The van der Waals surface area contributed by atoms with Gasteiger partial charge in [-0.3, -0.25) is 9.48 Å². The number of rotatable bonds is 7. The number of carbonyl (C=O) groups excluding carboxylic acids is 1. The molecule has 2 aromatic rings. The largest absolute Gasteiger partial charge is 0.370 e. The molecule has 2 fully saturated rings. The van der Waals surface area contributed by atoms with Crippen molar-refractivity contribution in [1.82, 2.24) is 20.0 Å². The van der Waals surface area contributed by atoms with Crippen molar-refractivity contribution in [2.75, 3.05) is 19.7 Å². The zero-order valence-electron chi connectivity index (χ0n) is 21.2. The molecule has 2 atom stereocenters. The molecule has 34 heavy (non-hydrogen) atoms. The van der Waals surface area contributed by atoms with Gasteiger partial charge in [0.1, 0.15) is 5.69 Å². The number of hydrogen-bond acceptors (Lipinski definition) is 5. The Morgan fingerprint density at radius 1 is 1.38 bits per heavy atom. The predicted molar refractivity (Wildman–Crippen MR) is 136 cm³/mol. The number of nitrogens with one attached hydrogen (secondary N) is 1. The summed E-state index contributed by atoms with van der Waals surface area (Å²) in [5, 5.41) is 7.63. The highest BCUT2D eigenvalue weighted by atomic mass is 32.1. The van der Waals surface area contributed by atoms with E-state index in [1.54, 1.807) is 4.88 Å². The van der Waals surface area contributed by atoms with Gasteiger partial charge in [0.05, 0.1) is 12.2 Å². The SMILES string of the molecule is CCc1cc2c(s1)CCO[C@@]21CCN(C[C@H]2C[C@@H](NC(=O)c3ccn(CC(C)C)n3)C2)[C@@H](C)C1. The highest BCUT2D eigenvalue weighted by Crippen LogP contribution is 2.46. The van der Waals surface area contributed by atoms with Crippen LogP contribution in [0.4, 0.5) is 0 Å². The van der Waals surface area contributed by atoms with E-state index >= 15 is 0 Å². The summed E-state index contributed by atoms with van der Waals surface area (Å²) in [6, 6.07) is 5.06.